The molecule has 2 rings (SSSR count). The van der Waals surface area contributed by atoms with Gasteiger partial charge in [0.15, 0.2) is 0 Å². The normalized spacial score (nSPS) is 11.3. The molecular formula is C13H10Cl3NO2S. The largest absolute Gasteiger partial charge is 0.282 e. The average Bonchev–Trinajstić information content (AvgIpc) is 2.36. The number of nitrogens with one attached hydrogen (secondary N) is 1. The number of rotatable bonds is 4. The summed E-state index contributed by atoms with van der Waals surface area (Å²) in [6.07, 6.45) is 0. The van der Waals surface area contributed by atoms with Crippen molar-refractivity contribution in [2.45, 2.75) is 5.75 Å². The van der Waals surface area contributed by atoms with E-state index in [0.29, 0.717) is 5.56 Å². The fourth-order valence-electron chi connectivity index (χ4n) is 1.60. The van der Waals surface area contributed by atoms with Crippen LogP contribution in [-0.4, -0.2) is 8.42 Å². The van der Waals surface area contributed by atoms with E-state index in [1.807, 2.05) is 6.07 Å². The molecule has 20 heavy (non-hydrogen) atoms. The van der Waals surface area contributed by atoms with Gasteiger partial charge in [-0.05, 0) is 17.7 Å². The lowest BCUT2D eigenvalue weighted by Crippen LogP contribution is -2.15. The van der Waals surface area contributed by atoms with E-state index in [1.165, 1.54) is 12.1 Å². The van der Waals surface area contributed by atoms with Crippen LogP contribution < -0.4 is 4.72 Å². The second-order valence-electron chi connectivity index (χ2n) is 4.09. The van der Waals surface area contributed by atoms with E-state index in [9.17, 15) is 8.42 Å². The zero-order valence-corrected chi connectivity index (χ0v) is 13.2. The maximum atomic E-state index is 12.1. The molecule has 106 valence electrons. The van der Waals surface area contributed by atoms with E-state index in [1.54, 1.807) is 24.3 Å². The van der Waals surface area contributed by atoms with Crippen LogP contribution in [0.2, 0.25) is 15.1 Å². The maximum absolute atomic E-state index is 12.1. The van der Waals surface area contributed by atoms with Crippen molar-refractivity contribution < 1.29 is 8.42 Å². The fourth-order valence-corrected chi connectivity index (χ4v) is 3.46. The van der Waals surface area contributed by atoms with Gasteiger partial charge >= 0.3 is 0 Å². The van der Waals surface area contributed by atoms with Crippen molar-refractivity contribution in [1.82, 2.24) is 0 Å². The summed E-state index contributed by atoms with van der Waals surface area (Å²) in [6.45, 7) is 0. The minimum Gasteiger partial charge on any atom is -0.282 e. The molecule has 2 aromatic carbocycles. The molecule has 7 heteroatoms. The highest BCUT2D eigenvalue weighted by Crippen LogP contribution is 2.32. The topological polar surface area (TPSA) is 46.2 Å². The molecular weight excluding hydrogens is 341 g/mol. The first-order chi connectivity index (χ1) is 9.37. The van der Waals surface area contributed by atoms with Crippen LogP contribution in [0.5, 0.6) is 0 Å². The Morgan fingerprint density at radius 2 is 1.50 bits per heavy atom. The molecule has 0 heterocycles. The van der Waals surface area contributed by atoms with Crippen molar-refractivity contribution in [1.29, 1.82) is 0 Å². The lowest BCUT2D eigenvalue weighted by molar-refractivity contribution is 0.600. The van der Waals surface area contributed by atoms with Crippen molar-refractivity contribution in [3.8, 4) is 0 Å². The van der Waals surface area contributed by atoms with E-state index < -0.39 is 10.0 Å². The number of halogens is 3. The van der Waals surface area contributed by atoms with Crippen LogP contribution in [0, 0.1) is 0 Å². The van der Waals surface area contributed by atoms with Gasteiger partial charge in [0.25, 0.3) is 0 Å². The SMILES string of the molecule is O=S(=O)(Cc1ccccc1)Nc1cc(Cl)c(Cl)cc1Cl. The number of anilines is 1. The summed E-state index contributed by atoms with van der Waals surface area (Å²) in [7, 11) is -3.58. The smallest absolute Gasteiger partial charge is 0.236 e. The Morgan fingerprint density at radius 3 is 2.15 bits per heavy atom. The molecule has 0 atom stereocenters. The van der Waals surface area contributed by atoms with Gasteiger partial charge in [0.05, 0.1) is 26.5 Å². The molecule has 2 aromatic rings. The monoisotopic (exact) mass is 349 g/mol. The minimum atomic E-state index is -3.58. The van der Waals surface area contributed by atoms with Crippen molar-refractivity contribution in [3.63, 3.8) is 0 Å². The third-order valence-electron chi connectivity index (χ3n) is 2.47. The summed E-state index contributed by atoms with van der Waals surface area (Å²) in [5.74, 6) is -0.148. The Bertz CT molecular complexity index is 718. The quantitative estimate of drug-likeness (QED) is 0.820. The highest BCUT2D eigenvalue weighted by Gasteiger charge is 2.15. The Kier molecular flexibility index (Phi) is 4.81. The second-order valence-corrected chi connectivity index (χ2v) is 7.04. The molecule has 0 saturated carbocycles. The van der Waals surface area contributed by atoms with Gasteiger partial charge < -0.3 is 0 Å². The molecule has 0 aromatic heterocycles. The van der Waals surface area contributed by atoms with Crippen molar-refractivity contribution >= 4 is 50.5 Å². The molecule has 0 fully saturated rings. The summed E-state index contributed by atoms with van der Waals surface area (Å²) >= 11 is 17.6. The minimum absolute atomic E-state index is 0.148. The molecule has 3 nitrogen and oxygen atoms in total. The molecule has 0 bridgehead atoms. The Balaban J connectivity index is 2.23. The highest BCUT2D eigenvalue weighted by molar-refractivity contribution is 7.91. The van der Waals surface area contributed by atoms with Gasteiger partial charge in [0.1, 0.15) is 0 Å². The molecule has 0 amide bonds. The lowest BCUT2D eigenvalue weighted by atomic mass is 10.2. The zero-order chi connectivity index (χ0) is 14.8. The maximum Gasteiger partial charge on any atom is 0.236 e. The van der Waals surface area contributed by atoms with Crippen LogP contribution in [-0.2, 0) is 15.8 Å². The first-order valence-electron chi connectivity index (χ1n) is 5.56. The number of hydrogen-bond acceptors (Lipinski definition) is 2. The van der Waals surface area contributed by atoms with Crippen LogP contribution in [0.1, 0.15) is 5.56 Å². The molecule has 0 radical (unpaired) electrons. The lowest BCUT2D eigenvalue weighted by Gasteiger charge is -2.10. The van der Waals surface area contributed by atoms with Gasteiger partial charge in [-0.3, -0.25) is 4.72 Å². The molecule has 0 spiro atoms. The first-order valence-corrected chi connectivity index (χ1v) is 8.35. The van der Waals surface area contributed by atoms with Crippen LogP contribution in [0.15, 0.2) is 42.5 Å². The number of hydrogen-bond donors (Lipinski definition) is 1. The summed E-state index contributed by atoms with van der Waals surface area (Å²) in [5, 5.41) is 0.687. The van der Waals surface area contributed by atoms with Gasteiger partial charge in [-0.25, -0.2) is 8.42 Å². The van der Waals surface area contributed by atoms with E-state index in [-0.39, 0.29) is 26.5 Å². The van der Waals surface area contributed by atoms with Gasteiger partial charge in [0, 0.05) is 0 Å². The van der Waals surface area contributed by atoms with E-state index in [4.69, 9.17) is 34.8 Å². The Labute approximate surface area is 132 Å². The van der Waals surface area contributed by atoms with E-state index in [2.05, 4.69) is 4.72 Å². The summed E-state index contributed by atoms with van der Waals surface area (Å²) in [5.41, 5.74) is 0.883. The summed E-state index contributed by atoms with van der Waals surface area (Å²) in [6, 6.07) is 11.6. The Morgan fingerprint density at radius 1 is 0.900 bits per heavy atom. The van der Waals surface area contributed by atoms with Gasteiger partial charge in [-0.1, -0.05) is 65.1 Å². The second kappa shape index (κ2) is 6.22. The van der Waals surface area contributed by atoms with Crippen LogP contribution in [0.25, 0.3) is 0 Å². The molecule has 0 aliphatic heterocycles. The summed E-state index contributed by atoms with van der Waals surface area (Å²) < 4.78 is 26.5. The standard InChI is InChI=1S/C13H10Cl3NO2S/c14-10-6-12(16)13(7-11(10)15)17-20(18,19)8-9-4-2-1-3-5-9/h1-7,17H,8H2. The van der Waals surface area contributed by atoms with Crippen LogP contribution >= 0.6 is 34.8 Å². The Hall–Kier alpha value is -0.940. The predicted molar refractivity (Wildman–Crippen MR) is 84.2 cm³/mol. The van der Waals surface area contributed by atoms with Gasteiger partial charge in [-0.15, -0.1) is 0 Å². The third-order valence-corrected chi connectivity index (χ3v) is 4.75. The molecule has 1 N–H and O–H groups in total. The number of sulfonamides is 1. The van der Waals surface area contributed by atoms with E-state index >= 15 is 0 Å². The van der Waals surface area contributed by atoms with Crippen LogP contribution in [0.4, 0.5) is 5.69 Å². The molecule has 0 unspecified atom stereocenters. The molecule has 0 aliphatic carbocycles. The first kappa shape index (κ1) is 15.4. The van der Waals surface area contributed by atoms with Crippen molar-refractivity contribution in [2.24, 2.45) is 0 Å². The van der Waals surface area contributed by atoms with Gasteiger partial charge in [0.2, 0.25) is 10.0 Å². The summed E-state index contributed by atoms with van der Waals surface area (Å²) in [4.78, 5) is 0. The number of benzene rings is 2. The van der Waals surface area contributed by atoms with Crippen LogP contribution in [0.3, 0.4) is 0 Å². The molecule has 0 aliphatic rings. The molecule has 0 saturated heterocycles. The van der Waals surface area contributed by atoms with Crippen molar-refractivity contribution in [3.05, 3.63) is 63.1 Å². The average molecular weight is 351 g/mol. The third kappa shape index (κ3) is 4.03. The zero-order valence-electron chi connectivity index (χ0n) is 10.1. The van der Waals surface area contributed by atoms with Crippen molar-refractivity contribution in [2.75, 3.05) is 4.72 Å². The fraction of sp³-hybridized carbons (Fsp3) is 0.0769. The predicted octanol–water partition coefficient (Wildman–Crippen LogP) is 4.59. The highest BCUT2D eigenvalue weighted by atomic mass is 35.5. The van der Waals surface area contributed by atoms with E-state index in [0.717, 1.165) is 0 Å². The van der Waals surface area contributed by atoms with Gasteiger partial charge in [-0.2, -0.15) is 0 Å².